The Hall–Kier alpha value is -1.72. The topological polar surface area (TPSA) is 65.7 Å². The van der Waals surface area contributed by atoms with Crippen molar-refractivity contribution in [1.82, 2.24) is 9.66 Å². The Labute approximate surface area is 258 Å². The second kappa shape index (κ2) is 13.1. The Morgan fingerprint density at radius 1 is 1.03 bits per heavy atom. The molecule has 38 heavy (non-hydrogen) atoms. The molecule has 0 bridgehead atoms. The molecule has 0 aliphatic carbocycles. The fraction of sp³-hybridized carbons (Fsp3) is 0.222. The van der Waals surface area contributed by atoms with Gasteiger partial charge in [0.2, 0.25) is 0 Å². The fourth-order valence-corrected chi connectivity index (χ4v) is 5.88. The first-order chi connectivity index (χ1) is 18.2. The van der Waals surface area contributed by atoms with Crippen LogP contribution in [0.15, 0.2) is 70.3 Å². The fourth-order valence-electron chi connectivity index (χ4n) is 3.70. The van der Waals surface area contributed by atoms with E-state index in [-0.39, 0.29) is 12.2 Å². The van der Waals surface area contributed by atoms with E-state index in [4.69, 9.17) is 21.1 Å². The van der Waals surface area contributed by atoms with Crippen LogP contribution in [0.25, 0.3) is 10.9 Å². The normalized spacial score (nSPS) is 11.4. The largest absolute Gasteiger partial charge is 0.490 e. The van der Waals surface area contributed by atoms with Crippen molar-refractivity contribution in [3.8, 4) is 11.5 Å². The van der Waals surface area contributed by atoms with Gasteiger partial charge in [0, 0.05) is 35.4 Å². The van der Waals surface area contributed by atoms with Gasteiger partial charge in [-0.25, -0.2) is 4.98 Å². The summed E-state index contributed by atoms with van der Waals surface area (Å²) in [5.74, 6) is 1.46. The number of nitrogens with zero attached hydrogens (tertiary/aromatic N) is 3. The van der Waals surface area contributed by atoms with Crippen LogP contribution in [0.1, 0.15) is 37.2 Å². The number of benzene rings is 3. The third-order valence-electron chi connectivity index (χ3n) is 5.50. The van der Waals surface area contributed by atoms with E-state index >= 15 is 0 Å². The third-order valence-corrected chi connectivity index (χ3v) is 8.67. The van der Waals surface area contributed by atoms with Crippen molar-refractivity contribution >= 4 is 92.4 Å². The molecule has 3 aromatic carbocycles. The van der Waals surface area contributed by atoms with E-state index in [1.807, 2.05) is 44.2 Å². The summed E-state index contributed by atoms with van der Waals surface area (Å²) in [5, 5.41) is 5.34. The Balaban J connectivity index is 1.74. The lowest BCUT2D eigenvalue weighted by atomic mass is 10.2. The van der Waals surface area contributed by atoms with E-state index in [2.05, 4.69) is 73.8 Å². The predicted molar refractivity (Wildman–Crippen MR) is 167 cm³/mol. The Morgan fingerprint density at radius 2 is 1.76 bits per heavy atom. The standard InChI is InChI=1S/C27H22Br4ClN3O3/c1-3-5-23-34-21-9-8-17(28)11-19(21)27(36)35(23)33-13-16-10-22(37-4-2)26(25(32)24(16)31)38-14-15-6-7-18(29)12-20(15)30/h6-13H,3-5,14H2,1-2H3. The zero-order valence-corrected chi connectivity index (χ0v) is 27.5. The summed E-state index contributed by atoms with van der Waals surface area (Å²) in [6.07, 6.45) is 2.98. The first-order valence-electron chi connectivity index (χ1n) is 11.7. The summed E-state index contributed by atoms with van der Waals surface area (Å²) < 4.78 is 16.5. The number of rotatable bonds is 9. The van der Waals surface area contributed by atoms with Gasteiger partial charge in [-0.1, -0.05) is 72.4 Å². The van der Waals surface area contributed by atoms with Crippen LogP contribution < -0.4 is 15.0 Å². The molecule has 0 N–H and O–H groups in total. The second-order valence-corrected chi connectivity index (χ2v) is 12.0. The minimum absolute atomic E-state index is 0.247. The van der Waals surface area contributed by atoms with Crippen LogP contribution in [0, 0.1) is 0 Å². The number of halogens is 5. The molecule has 0 atom stereocenters. The molecule has 0 spiro atoms. The third kappa shape index (κ3) is 6.53. The van der Waals surface area contributed by atoms with Gasteiger partial charge in [-0.2, -0.15) is 9.78 Å². The number of aromatic nitrogens is 2. The van der Waals surface area contributed by atoms with Crippen LogP contribution in [0.3, 0.4) is 0 Å². The molecule has 0 fully saturated rings. The molecule has 11 heteroatoms. The predicted octanol–water partition coefficient (Wildman–Crippen LogP) is 8.91. The molecule has 6 nitrogen and oxygen atoms in total. The highest BCUT2D eigenvalue weighted by atomic mass is 79.9. The van der Waals surface area contributed by atoms with Gasteiger partial charge in [0.15, 0.2) is 11.5 Å². The maximum Gasteiger partial charge on any atom is 0.282 e. The van der Waals surface area contributed by atoms with Gasteiger partial charge in [0.1, 0.15) is 17.5 Å². The highest BCUT2D eigenvalue weighted by Gasteiger charge is 2.19. The van der Waals surface area contributed by atoms with Gasteiger partial charge in [-0.05, 0) is 65.7 Å². The van der Waals surface area contributed by atoms with Crippen LogP contribution in [-0.2, 0) is 13.0 Å². The van der Waals surface area contributed by atoms with Crippen molar-refractivity contribution in [1.29, 1.82) is 0 Å². The highest BCUT2D eigenvalue weighted by Crippen LogP contribution is 2.43. The smallest absolute Gasteiger partial charge is 0.282 e. The van der Waals surface area contributed by atoms with Gasteiger partial charge in [-0.15, -0.1) is 0 Å². The first-order valence-corrected chi connectivity index (χ1v) is 15.3. The van der Waals surface area contributed by atoms with Gasteiger partial charge in [0.05, 0.1) is 23.7 Å². The summed E-state index contributed by atoms with van der Waals surface area (Å²) >= 11 is 20.8. The minimum Gasteiger partial charge on any atom is -0.490 e. The van der Waals surface area contributed by atoms with Crippen LogP contribution in [0.4, 0.5) is 0 Å². The van der Waals surface area contributed by atoms with Crippen molar-refractivity contribution in [3.05, 3.63) is 92.7 Å². The monoisotopic (exact) mass is 787 g/mol. The molecule has 0 saturated carbocycles. The molecule has 0 unspecified atom stereocenters. The summed E-state index contributed by atoms with van der Waals surface area (Å²) in [7, 11) is 0. The number of fused-ring (bicyclic) bond motifs is 1. The molecule has 198 valence electrons. The molecule has 0 amide bonds. The second-order valence-electron chi connectivity index (χ2n) is 8.18. The van der Waals surface area contributed by atoms with Gasteiger partial charge < -0.3 is 9.47 Å². The van der Waals surface area contributed by atoms with Crippen LogP contribution in [0.5, 0.6) is 11.5 Å². The molecular formula is C27H22Br4ClN3O3. The summed E-state index contributed by atoms with van der Waals surface area (Å²) in [6.45, 7) is 4.61. The zero-order chi connectivity index (χ0) is 27.4. The quantitative estimate of drug-likeness (QED) is 0.159. The van der Waals surface area contributed by atoms with Crippen molar-refractivity contribution in [2.75, 3.05) is 6.61 Å². The summed E-state index contributed by atoms with van der Waals surface area (Å²) in [4.78, 5) is 18.0. The summed E-state index contributed by atoms with van der Waals surface area (Å²) in [6, 6.07) is 13.1. The SMILES string of the molecule is CCCc1nc2ccc(Br)cc2c(=O)n1N=Cc1cc(OCC)c(OCc2ccc(Br)cc2Br)c(Cl)c1Br. The van der Waals surface area contributed by atoms with Gasteiger partial charge in [-0.3, -0.25) is 4.79 Å². The van der Waals surface area contributed by atoms with Crippen molar-refractivity contribution in [2.24, 2.45) is 5.10 Å². The van der Waals surface area contributed by atoms with Gasteiger partial charge in [0.25, 0.3) is 5.56 Å². The maximum atomic E-state index is 13.3. The molecule has 0 saturated heterocycles. The van der Waals surface area contributed by atoms with Crippen LogP contribution >= 0.6 is 75.3 Å². The lowest BCUT2D eigenvalue weighted by Gasteiger charge is -2.17. The molecule has 0 radical (unpaired) electrons. The van der Waals surface area contributed by atoms with E-state index in [1.54, 1.807) is 18.3 Å². The highest BCUT2D eigenvalue weighted by molar-refractivity contribution is 9.11. The average Bonchev–Trinajstić information content (AvgIpc) is 2.88. The Bertz CT molecular complexity index is 1590. The average molecular weight is 792 g/mol. The van der Waals surface area contributed by atoms with Crippen LogP contribution in [-0.4, -0.2) is 22.5 Å². The molecule has 1 heterocycles. The molecular weight excluding hydrogens is 769 g/mol. The number of hydrogen-bond acceptors (Lipinski definition) is 5. The van der Waals surface area contributed by atoms with Crippen molar-refractivity contribution in [3.63, 3.8) is 0 Å². The van der Waals surface area contributed by atoms with E-state index in [0.29, 0.717) is 56.3 Å². The molecule has 0 aliphatic rings. The minimum atomic E-state index is -0.247. The van der Waals surface area contributed by atoms with Gasteiger partial charge >= 0.3 is 0 Å². The van der Waals surface area contributed by atoms with E-state index < -0.39 is 0 Å². The van der Waals surface area contributed by atoms with E-state index in [1.165, 1.54) is 4.68 Å². The first kappa shape index (κ1) is 29.3. The molecule has 1 aromatic heterocycles. The Kier molecular flexibility index (Phi) is 10.1. The maximum absolute atomic E-state index is 13.3. The number of aryl methyl sites for hydroxylation is 1. The van der Waals surface area contributed by atoms with E-state index in [9.17, 15) is 4.79 Å². The summed E-state index contributed by atoms with van der Waals surface area (Å²) in [5.41, 5.74) is 1.96. The molecule has 0 aliphatic heterocycles. The molecule has 4 aromatic rings. The van der Waals surface area contributed by atoms with Crippen LogP contribution in [0.2, 0.25) is 5.02 Å². The lowest BCUT2D eigenvalue weighted by molar-refractivity contribution is 0.269. The zero-order valence-electron chi connectivity index (χ0n) is 20.4. The number of ether oxygens (including phenoxy) is 2. The van der Waals surface area contributed by atoms with Crippen molar-refractivity contribution in [2.45, 2.75) is 33.3 Å². The number of hydrogen-bond donors (Lipinski definition) is 0. The van der Waals surface area contributed by atoms with E-state index in [0.717, 1.165) is 25.4 Å². The van der Waals surface area contributed by atoms with Crippen molar-refractivity contribution < 1.29 is 9.47 Å². The molecule has 4 rings (SSSR count). The Morgan fingerprint density at radius 3 is 2.47 bits per heavy atom. The lowest BCUT2D eigenvalue weighted by Crippen LogP contribution is -2.22.